The van der Waals surface area contributed by atoms with E-state index >= 15 is 0 Å². The van der Waals surface area contributed by atoms with Crippen molar-refractivity contribution in [1.29, 1.82) is 5.26 Å². The van der Waals surface area contributed by atoms with Gasteiger partial charge >= 0.3 is 0 Å². The first-order valence-electron chi connectivity index (χ1n) is 11.9. The number of anilines is 1. The molecule has 1 aliphatic rings. The van der Waals surface area contributed by atoms with Crippen LogP contribution in [0.15, 0.2) is 41.1 Å². The van der Waals surface area contributed by atoms with Crippen LogP contribution in [-0.2, 0) is 13.0 Å². The number of methoxy groups -OCH3 is 2. The summed E-state index contributed by atoms with van der Waals surface area (Å²) < 4.78 is 19.7. The summed E-state index contributed by atoms with van der Waals surface area (Å²) in [5, 5.41) is 19.3. The minimum Gasteiger partial charge on any atom is -0.493 e. The average molecular weight is 500 g/mol. The van der Waals surface area contributed by atoms with Crippen LogP contribution in [0.1, 0.15) is 23.6 Å². The van der Waals surface area contributed by atoms with E-state index in [-0.39, 0.29) is 12.0 Å². The molecule has 37 heavy (non-hydrogen) atoms. The third-order valence-electron chi connectivity index (χ3n) is 6.84. The molecule has 12 heteroatoms. The van der Waals surface area contributed by atoms with Crippen LogP contribution in [0, 0.1) is 11.3 Å². The Morgan fingerprint density at radius 1 is 1.16 bits per heavy atom. The van der Waals surface area contributed by atoms with Gasteiger partial charge in [-0.15, -0.1) is 5.10 Å². The topological polar surface area (TPSA) is 146 Å². The summed E-state index contributed by atoms with van der Waals surface area (Å²) in [6.45, 7) is 2.05. The number of rotatable bonds is 7. The molecule has 0 radical (unpaired) electrons. The monoisotopic (exact) mass is 499 g/mol. The van der Waals surface area contributed by atoms with Gasteiger partial charge in [-0.05, 0) is 41.8 Å². The zero-order chi connectivity index (χ0) is 25.5. The molecule has 0 fully saturated rings. The Balaban J connectivity index is 1.30. The van der Waals surface area contributed by atoms with Gasteiger partial charge < -0.3 is 19.6 Å². The smallest absolute Gasteiger partial charge is 0.225 e. The van der Waals surface area contributed by atoms with Gasteiger partial charge in [0.15, 0.2) is 28.6 Å². The highest BCUT2D eigenvalue weighted by atomic mass is 16.5. The van der Waals surface area contributed by atoms with Crippen LogP contribution in [0.5, 0.6) is 11.5 Å². The van der Waals surface area contributed by atoms with Crippen molar-refractivity contribution in [2.45, 2.75) is 25.4 Å². The third kappa shape index (κ3) is 3.80. The summed E-state index contributed by atoms with van der Waals surface area (Å²) in [5.41, 5.74) is 9.69. The molecule has 1 aliphatic heterocycles. The van der Waals surface area contributed by atoms with E-state index in [0.29, 0.717) is 53.9 Å². The Hall–Kier alpha value is -4.63. The van der Waals surface area contributed by atoms with Crippen LogP contribution in [0.4, 0.5) is 5.95 Å². The van der Waals surface area contributed by atoms with Crippen LogP contribution in [0.2, 0.25) is 0 Å². The minimum atomic E-state index is -0.0625. The molecule has 6 rings (SSSR count). The summed E-state index contributed by atoms with van der Waals surface area (Å²) >= 11 is 0. The molecule has 5 aromatic rings. The number of nitrogens with two attached hydrogens (primary N) is 1. The number of hydrogen-bond donors (Lipinski definition) is 1. The zero-order valence-corrected chi connectivity index (χ0v) is 20.5. The molecule has 0 spiro atoms. The normalized spacial score (nSPS) is 15.6. The fourth-order valence-electron chi connectivity index (χ4n) is 5.03. The van der Waals surface area contributed by atoms with E-state index in [1.165, 1.54) is 10.1 Å². The fraction of sp³-hybridized carbons (Fsp3) is 0.320. The average Bonchev–Trinajstić information content (AvgIpc) is 3.67. The maximum absolute atomic E-state index is 9.59. The van der Waals surface area contributed by atoms with Crippen LogP contribution in [0.3, 0.4) is 0 Å². The summed E-state index contributed by atoms with van der Waals surface area (Å²) in [6.07, 6.45) is 4.51. The number of nitrogen functional groups attached to an aromatic ring is 1. The maximum atomic E-state index is 9.59. The van der Waals surface area contributed by atoms with E-state index in [1.807, 2.05) is 16.8 Å². The van der Waals surface area contributed by atoms with Crippen molar-refractivity contribution in [2.75, 3.05) is 33.0 Å². The third-order valence-corrected chi connectivity index (χ3v) is 6.84. The largest absolute Gasteiger partial charge is 0.493 e. The molecule has 0 amide bonds. The SMILES string of the molecule is COc1cc2c(cc1OC)C(CC#N)N(CCn1ncc3c1nc(N)n1nc(-c4ccco4)nc31)CC2. The molecule has 0 saturated heterocycles. The summed E-state index contributed by atoms with van der Waals surface area (Å²) in [5.74, 6) is 2.55. The van der Waals surface area contributed by atoms with Gasteiger partial charge in [0.25, 0.3) is 0 Å². The molecule has 5 heterocycles. The Labute approximate surface area is 211 Å². The van der Waals surface area contributed by atoms with Crippen molar-refractivity contribution in [3.63, 3.8) is 0 Å². The number of nitrogens with zero attached hydrogens (tertiary/aromatic N) is 8. The molecule has 1 atom stereocenters. The van der Waals surface area contributed by atoms with Gasteiger partial charge in [0.1, 0.15) is 0 Å². The van der Waals surface area contributed by atoms with Crippen molar-refractivity contribution < 1.29 is 13.9 Å². The van der Waals surface area contributed by atoms with Gasteiger partial charge in [-0.2, -0.15) is 19.9 Å². The van der Waals surface area contributed by atoms with Crippen molar-refractivity contribution in [1.82, 2.24) is 34.3 Å². The van der Waals surface area contributed by atoms with Gasteiger partial charge in [0.2, 0.25) is 11.8 Å². The molecule has 4 aromatic heterocycles. The predicted molar refractivity (Wildman–Crippen MR) is 134 cm³/mol. The Morgan fingerprint density at radius 2 is 2.00 bits per heavy atom. The van der Waals surface area contributed by atoms with Crippen molar-refractivity contribution in [2.24, 2.45) is 0 Å². The number of nitriles is 1. The predicted octanol–water partition coefficient (Wildman–Crippen LogP) is 2.85. The molecule has 0 bridgehead atoms. The highest BCUT2D eigenvalue weighted by Gasteiger charge is 2.29. The maximum Gasteiger partial charge on any atom is 0.225 e. The van der Waals surface area contributed by atoms with Gasteiger partial charge in [-0.3, -0.25) is 4.90 Å². The first-order valence-corrected chi connectivity index (χ1v) is 11.9. The molecule has 188 valence electrons. The van der Waals surface area contributed by atoms with E-state index in [1.54, 1.807) is 38.8 Å². The first-order chi connectivity index (χ1) is 18.1. The van der Waals surface area contributed by atoms with Gasteiger partial charge in [-0.1, -0.05) is 0 Å². The quantitative estimate of drug-likeness (QED) is 0.355. The first kappa shape index (κ1) is 22.8. The molecule has 0 saturated carbocycles. The minimum absolute atomic E-state index is 0.0625. The van der Waals surface area contributed by atoms with Gasteiger partial charge in [-0.25, -0.2) is 9.67 Å². The van der Waals surface area contributed by atoms with Crippen LogP contribution in [-0.4, -0.2) is 61.6 Å². The molecular formula is C25H25N9O3. The van der Waals surface area contributed by atoms with E-state index in [4.69, 9.17) is 19.6 Å². The van der Waals surface area contributed by atoms with Gasteiger partial charge in [0.05, 0.1) is 51.1 Å². The summed E-state index contributed by atoms with van der Waals surface area (Å²) in [7, 11) is 3.25. The molecule has 0 aliphatic carbocycles. The number of furan rings is 1. The van der Waals surface area contributed by atoms with Crippen LogP contribution in [0.25, 0.3) is 28.3 Å². The van der Waals surface area contributed by atoms with Gasteiger partial charge in [0, 0.05) is 19.1 Å². The highest BCUT2D eigenvalue weighted by molar-refractivity contribution is 5.90. The van der Waals surface area contributed by atoms with Crippen molar-refractivity contribution in [3.8, 4) is 29.2 Å². The van der Waals surface area contributed by atoms with Crippen LogP contribution < -0.4 is 15.2 Å². The number of aromatic nitrogens is 6. The highest BCUT2D eigenvalue weighted by Crippen LogP contribution is 2.39. The lowest BCUT2D eigenvalue weighted by Gasteiger charge is -2.36. The van der Waals surface area contributed by atoms with Crippen molar-refractivity contribution >= 4 is 22.6 Å². The molecule has 2 N–H and O–H groups in total. The zero-order valence-electron chi connectivity index (χ0n) is 20.5. The Morgan fingerprint density at radius 3 is 2.76 bits per heavy atom. The second-order valence-corrected chi connectivity index (χ2v) is 8.79. The van der Waals surface area contributed by atoms with Crippen molar-refractivity contribution in [3.05, 3.63) is 47.9 Å². The number of fused-ring (bicyclic) bond motifs is 4. The van der Waals surface area contributed by atoms with E-state index in [9.17, 15) is 5.26 Å². The number of hydrogen-bond acceptors (Lipinski definition) is 10. The lowest BCUT2D eigenvalue weighted by molar-refractivity contribution is 0.178. The second-order valence-electron chi connectivity index (χ2n) is 8.79. The molecule has 1 unspecified atom stereocenters. The number of benzene rings is 1. The van der Waals surface area contributed by atoms with E-state index in [0.717, 1.165) is 23.9 Å². The fourth-order valence-corrected chi connectivity index (χ4v) is 5.03. The van der Waals surface area contributed by atoms with Crippen LogP contribution >= 0.6 is 0 Å². The molecular weight excluding hydrogens is 474 g/mol. The standard InChI is InChI=1S/C25H25N9O3/c1-35-20-12-15-6-8-32(18(5-7-26)16(15)13-21(20)36-2)9-10-33-23-17(14-28-33)24-29-22(19-4-3-11-37-19)31-34(24)25(27)30-23/h3-4,11-14,18H,5-6,8-10H2,1-2H3,(H2,27,30). The second kappa shape index (κ2) is 9.11. The Bertz CT molecular complexity index is 1630. The Kier molecular flexibility index (Phi) is 5.61. The molecule has 1 aromatic carbocycles. The number of ether oxygens (including phenoxy) is 2. The summed E-state index contributed by atoms with van der Waals surface area (Å²) in [6, 6.07) is 9.87. The van der Waals surface area contributed by atoms with E-state index in [2.05, 4.69) is 31.1 Å². The van der Waals surface area contributed by atoms with E-state index < -0.39 is 0 Å². The summed E-state index contributed by atoms with van der Waals surface area (Å²) in [4.78, 5) is 11.5. The molecule has 12 nitrogen and oxygen atoms in total. The lowest BCUT2D eigenvalue weighted by atomic mass is 9.90. The lowest BCUT2D eigenvalue weighted by Crippen LogP contribution is -2.37.